The summed E-state index contributed by atoms with van der Waals surface area (Å²) in [7, 11) is 0.714. The third-order valence-electron chi connectivity index (χ3n) is 3.09. The smallest absolute Gasteiger partial charge is 0.0860 e. The van der Waals surface area contributed by atoms with Crippen molar-refractivity contribution < 1.29 is 0 Å². The molecule has 1 fully saturated rings. The van der Waals surface area contributed by atoms with Crippen LogP contribution in [0, 0.1) is 11.3 Å². The number of rotatable bonds is 1. The van der Waals surface area contributed by atoms with Gasteiger partial charge in [-0.15, -0.1) is 8.58 Å². The number of nitrogens with zero attached hydrogens (tertiary/aromatic N) is 1. The Morgan fingerprint density at radius 3 is 2.67 bits per heavy atom. The summed E-state index contributed by atoms with van der Waals surface area (Å²) in [5, 5.41) is 9.39. The van der Waals surface area contributed by atoms with Gasteiger partial charge in [0.2, 0.25) is 0 Å². The van der Waals surface area contributed by atoms with Gasteiger partial charge < -0.3 is 5.73 Å². The zero-order valence-corrected chi connectivity index (χ0v) is 9.61. The molecule has 0 spiro atoms. The van der Waals surface area contributed by atoms with Crippen LogP contribution >= 0.6 is 8.58 Å². The van der Waals surface area contributed by atoms with Crippen molar-refractivity contribution in [1.82, 2.24) is 0 Å². The predicted molar refractivity (Wildman–Crippen MR) is 64.1 cm³/mol. The molecule has 2 rings (SSSR count). The first-order valence-electron chi connectivity index (χ1n) is 5.23. The maximum Gasteiger partial charge on any atom is 0.0860 e. The van der Waals surface area contributed by atoms with E-state index >= 15 is 0 Å². The van der Waals surface area contributed by atoms with Gasteiger partial charge in [-0.1, -0.05) is 30.3 Å². The molecule has 1 aromatic carbocycles. The van der Waals surface area contributed by atoms with Gasteiger partial charge in [-0.2, -0.15) is 5.26 Å². The van der Waals surface area contributed by atoms with E-state index in [1.165, 1.54) is 0 Å². The minimum absolute atomic E-state index is 0.268. The molecule has 1 aliphatic rings. The maximum atomic E-state index is 9.39. The highest BCUT2D eigenvalue weighted by Gasteiger charge is 2.35. The van der Waals surface area contributed by atoms with Crippen molar-refractivity contribution in [3.63, 3.8) is 0 Å². The van der Waals surface area contributed by atoms with E-state index in [1.54, 1.807) is 0 Å². The number of benzene rings is 1. The van der Waals surface area contributed by atoms with Crippen molar-refractivity contribution in [2.24, 2.45) is 5.73 Å². The molecule has 0 saturated carbocycles. The van der Waals surface area contributed by atoms with Crippen LogP contribution in [-0.4, -0.2) is 11.9 Å². The Hall–Kier alpha value is -0.900. The standard InChI is InChI=1S/C12H15N2P/c13-8-12(7-6-11(14)15-9-12)10-4-2-1-3-5-10/h1-5,11,15H,6-7,9,14H2/t11-,12-/m0/s1. The first-order chi connectivity index (χ1) is 7.27. The van der Waals surface area contributed by atoms with E-state index in [4.69, 9.17) is 5.73 Å². The fourth-order valence-corrected chi connectivity index (χ4v) is 3.48. The second-order valence-corrected chi connectivity index (χ2v) is 5.59. The van der Waals surface area contributed by atoms with Gasteiger partial charge in [0.1, 0.15) is 0 Å². The van der Waals surface area contributed by atoms with Crippen LogP contribution in [0.25, 0.3) is 0 Å². The normalized spacial score (nSPS) is 32.4. The Labute approximate surface area is 92.3 Å². The molecule has 0 radical (unpaired) electrons. The van der Waals surface area contributed by atoms with Gasteiger partial charge in [-0.3, -0.25) is 0 Å². The molecule has 0 aliphatic carbocycles. The van der Waals surface area contributed by atoms with Crippen molar-refractivity contribution in [3.8, 4) is 6.07 Å². The van der Waals surface area contributed by atoms with Gasteiger partial charge in [-0.05, 0) is 24.6 Å². The molecule has 15 heavy (non-hydrogen) atoms. The minimum Gasteiger partial charge on any atom is -0.324 e. The average molecular weight is 218 g/mol. The fraction of sp³-hybridized carbons (Fsp3) is 0.417. The lowest BCUT2D eigenvalue weighted by Crippen LogP contribution is -2.35. The topological polar surface area (TPSA) is 49.8 Å². The molecule has 0 bridgehead atoms. The number of hydrogen-bond acceptors (Lipinski definition) is 2. The molecule has 1 aliphatic heterocycles. The molecule has 3 atom stereocenters. The van der Waals surface area contributed by atoms with Crippen LogP contribution in [-0.2, 0) is 5.41 Å². The van der Waals surface area contributed by atoms with E-state index < -0.39 is 0 Å². The molecule has 1 saturated heterocycles. The average Bonchev–Trinajstić information content (AvgIpc) is 2.32. The zero-order valence-electron chi connectivity index (χ0n) is 8.61. The largest absolute Gasteiger partial charge is 0.324 e. The summed E-state index contributed by atoms with van der Waals surface area (Å²) in [4.78, 5) is 0. The van der Waals surface area contributed by atoms with Crippen molar-refractivity contribution >= 4 is 8.58 Å². The Morgan fingerprint density at radius 1 is 1.40 bits per heavy atom. The Morgan fingerprint density at radius 2 is 2.13 bits per heavy atom. The second kappa shape index (κ2) is 4.31. The van der Waals surface area contributed by atoms with E-state index in [0.717, 1.165) is 24.6 Å². The first kappa shape index (κ1) is 10.6. The van der Waals surface area contributed by atoms with Gasteiger partial charge in [0, 0.05) is 5.78 Å². The second-order valence-electron chi connectivity index (χ2n) is 4.09. The first-order valence-corrected chi connectivity index (χ1v) is 6.51. The van der Waals surface area contributed by atoms with Crippen LogP contribution in [0.2, 0.25) is 0 Å². The number of nitriles is 1. The highest BCUT2D eigenvalue weighted by molar-refractivity contribution is 7.39. The molecule has 0 aromatic heterocycles. The SMILES string of the molecule is N#C[C@@]1(c2ccccc2)CC[C@@H](N)PC1. The van der Waals surface area contributed by atoms with Gasteiger partial charge >= 0.3 is 0 Å². The molecule has 2 N–H and O–H groups in total. The van der Waals surface area contributed by atoms with Crippen LogP contribution < -0.4 is 5.73 Å². The minimum atomic E-state index is -0.268. The molecule has 1 unspecified atom stereocenters. The van der Waals surface area contributed by atoms with Gasteiger partial charge in [-0.25, -0.2) is 0 Å². The van der Waals surface area contributed by atoms with E-state index in [-0.39, 0.29) is 5.41 Å². The summed E-state index contributed by atoms with van der Waals surface area (Å²) in [6.45, 7) is 0. The number of nitrogens with two attached hydrogens (primary N) is 1. The number of hydrogen-bond donors (Lipinski definition) is 1. The van der Waals surface area contributed by atoms with Gasteiger partial charge in [0.05, 0.1) is 11.5 Å². The lowest BCUT2D eigenvalue weighted by Gasteiger charge is -2.33. The molecular formula is C12H15N2P. The van der Waals surface area contributed by atoms with Crippen molar-refractivity contribution in [2.75, 3.05) is 6.16 Å². The van der Waals surface area contributed by atoms with Crippen molar-refractivity contribution in [2.45, 2.75) is 24.0 Å². The lowest BCUT2D eigenvalue weighted by molar-refractivity contribution is 0.505. The maximum absolute atomic E-state index is 9.39. The Bertz CT molecular complexity index is 361. The fourth-order valence-electron chi connectivity index (χ4n) is 2.06. The highest BCUT2D eigenvalue weighted by atomic mass is 31.1. The van der Waals surface area contributed by atoms with E-state index in [2.05, 4.69) is 18.2 Å². The Balaban J connectivity index is 2.28. The van der Waals surface area contributed by atoms with E-state index in [9.17, 15) is 5.26 Å². The molecule has 1 heterocycles. The van der Waals surface area contributed by atoms with E-state index in [0.29, 0.717) is 14.4 Å². The molecule has 0 amide bonds. The third-order valence-corrected chi connectivity index (χ3v) is 4.71. The molecule has 3 heteroatoms. The molecule has 1 aromatic rings. The summed E-state index contributed by atoms with van der Waals surface area (Å²) >= 11 is 0. The van der Waals surface area contributed by atoms with Crippen LogP contribution in [0.15, 0.2) is 30.3 Å². The summed E-state index contributed by atoms with van der Waals surface area (Å²) in [6.07, 6.45) is 2.80. The van der Waals surface area contributed by atoms with Crippen LogP contribution in [0.1, 0.15) is 18.4 Å². The van der Waals surface area contributed by atoms with Gasteiger partial charge in [0.25, 0.3) is 0 Å². The van der Waals surface area contributed by atoms with Crippen LogP contribution in [0.4, 0.5) is 0 Å². The summed E-state index contributed by atoms with van der Waals surface area (Å²) < 4.78 is 0. The third kappa shape index (κ3) is 2.04. The summed E-state index contributed by atoms with van der Waals surface area (Å²) in [5.41, 5.74) is 6.78. The Kier molecular flexibility index (Phi) is 3.05. The molecule has 78 valence electrons. The molecular weight excluding hydrogens is 203 g/mol. The lowest BCUT2D eigenvalue weighted by atomic mass is 9.79. The van der Waals surface area contributed by atoms with Crippen molar-refractivity contribution in [1.29, 1.82) is 5.26 Å². The van der Waals surface area contributed by atoms with E-state index in [1.807, 2.05) is 18.2 Å². The van der Waals surface area contributed by atoms with Gasteiger partial charge in [0.15, 0.2) is 0 Å². The highest BCUT2D eigenvalue weighted by Crippen LogP contribution is 2.41. The zero-order chi connectivity index (χ0) is 10.7. The quantitative estimate of drug-likeness (QED) is 0.734. The van der Waals surface area contributed by atoms with Crippen LogP contribution in [0.5, 0.6) is 0 Å². The summed E-state index contributed by atoms with van der Waals surface area (Å²) in [6, 6.07) is 12.6. The summed E-state index contributed by atoms with van der Waals surface area (Å²) in [5.74, 6) is 0.315. The predicted octanol–water partition coefficient (Wildman–Crippen LogP) is 2.21. The van der Waals surface area contributed by atoms with Crippen LogP contribution in [0.3, 0.4) is 0 Å². The molecule has 2 nitrogen and oxygen atoms in total. The van der Waals surface area contributed by atoms with Crippen molar-refractivity contribution in [3.05, 3.63) is 35.9 Å². The monoisotopic (exact) mass is 218 g/mol.